The summed E-state index contributed by atoms with van der Waals surface area (Å²) in [5.74, 6) is 3.23. The molecule has 9 heterocycles. The molecule has 6 aliphatic heterocycles. The number of benzene rings is 3. The lowest BCUT2D eigenvalue weighted by molar-refractivity contribution is -0.118. The molecule has 3 aromatic heterocycles. The Balaban J connectivity index is 0.706. The maximum Gasteiger partial charge on any atom is 0.259 e. The number of aromatic nitrogens is 6. The Kier molecular flexibility index (Phi) is 21.9. The first kappa shape index (κ1) is 69.2. The van der Waals surface area contributed by atoms with Gasteiger partial charge in [0.15, 0.2) is 0 Å². The van der Waals surface area contributed by atoms with Crippen molar-refractivity contribution in [3.05, 3.63) is 113 Å². The van der Waals surface area contributed by atoms with E-state index in [1.54, 1.807) is 63.5 Å². The molecule has 3 fully saturated rings. The van der Waals surface area contributed by atoms with Crippen LogP contribution >= 0.6 is 0 Å². The van der Waals surface area contributed by atoms with Crippen molar-refractivity contribution in [2.75, 3.05) is 134 Å². The first-order valence-electron chi connectivity index (χ1n) is 35.9. The molecule has 6 aliphatic rings. The van der Waals surface area contributed by atoms with E-state index in [-0.39, 0.29) is 73.0 Å². The molecular weight excluding hydrogens is 1230 g/mol. The first-order valence-corrected chi connectivity index (χ1v) is 35.9. The van der Waals surface area contributed by atoms with Crippen molar-refractivity contribution in [2.45, 2.75) is 155 Å². The zero-order valence-electron chi connectivity index (χ0n) is 58.8. The van der Waals surface area contributed by atoms with Gasteiger partial charge >= 0.3 is 0 Å². The van der Waals surface area contributed by atoms with E-state index in [0.717, 1.165) is 126 Å². The minimum atomic E-state index is -0.297. The zero-order chi connectivity index (χ0) is 68.7. The lowest BCUT2D eigenvalue weighted by Crippen LogP contribution is -2.58. The van der Waals surface area contributed by atoms with Crippen LogP contribution in [0.15, 0.2) is 85.2 Å². The number of nitrogens with one attached hydrogen (secondary N) is 4. The summed E-state index contributed by atoms with van der Waals surface area (Å²) in [7, 11) is 6.12. The quantitative estimate of drug-likeness (QED) is 0.0375. The molecule has 0 radical (unpaired) electrons. The van der Waals surface area contributed by atoms with Crippen LogP contribution in [0.1, 0.15) is 143 Å². The second-order valence-electron chi connectivity index (χ2n) is 27.6. The average Bonchev–Trinajstić information content (AvgIpc) is 1.59. The highest BCUT2D eigenvalue weighted by molar-refractivity contribution is 6.09. The molecule has 520 valence electrons. The van der Waals surface area contributed by atoms with Gasteiger partial charge in [0.2, 0.25) is 35.6 Å². The third kappa shape index (κ3) is 15.1. The van der Waals surface area contributed by atoms with Crippen LogP contribution in [0, 0.1) is 5.92 Å². The molecule has 12 rings (SSSR count). The number of piperazine rings is 1. The van der Waals surface area contributed by atoms with Gasteiger partial charge in [-0.25, -0.2) is 9.97 Å². The van der Waals surface area contributed by atoms with Gasteiger partial charge in [-0.2, -0.15) is 19.9 Å². The molecular formula is C74H99N19O5. The lowest BCUT2D eigenvalue weighted by Gasteiger charge is -2.50. The minimum Gasteiger partial charge on any atom is -0.368 e. The number of hydrogen-bond acceptors (Lipinski definition) is 19. The molecule has 24 nitrogen and oxygen atoms in total. The summed E-state index contributed by atoms with van der Waals surface area (Å²) in [6.07, 6.45) is 13.4. The molecule has 98 heavy (non-hydrogen) atoms. The van der Waals surface area contributed by atoms with Gasteiger partial charge in [0, 0.05) is 159 Å². The van der Waals surface area contributed by atoms with Crippen LogP contribution in [0.25, 0.3) is 0 Å². The second kappa shape index (κ2) is 31.0. The van der Waals surface area contributed by atoms with Crippen molar-refractivity contribution in [3.8, 4) is 0 Å². The van der Waals surface area contributed by atoms with Crippen molar-refractivity contribution in [1.29, 1.82) is 0 Å². The highest BCUT2D eigenvalue weighted by Crippen LogP contribution is 2.41. The molecule has 24 heteroatoms. The van der Waals surface area contributed by atoms with E-state index >= 15 is 0 Å². The average molecular weight is 1330 g/mol. The highest BCUT2D eigenvalue weighted by Gasteiger charge is 2.42. The van der Waals surface area contributed by atoms with Gasteiger partial charge in [0.1, 0.15) is 23.3 Å². The Morgan fingerprint density at radius 3 is 1.63 bits per heavy atom. The third-order valence-corrected chi connectivity index (χ3v) is 21.1. The fourth-order valence-electron chi connectivity index (χ4n) is 15.4. The first-order chi connectivity index (χ1) is 47.5. The van der Waals surface area contributed by atoms with E-state index in [1.807, 2.05) is 36.0 Å². The Labute approximate surface area is 577 Å². The predicted octanol–water partition coefficient (Wildman–Crippen LogP) is 9.46. The van der Waals surface area contributed by atoms with E-state index in [0.29, 0.717) is 108 Å². The molecule has 0 spiro atoms. The summed E-state index contributed by atoms with van der Waals surface area (Å²) >= 11 is 0. The van der Waals surface area contributed by atoms with Crippen LogP contribution in [-0.2, 0) is 33.6 Å². The molecule has 6 aromatic rings. The van der Waals surface area contributed by atoms with Gasteiger partial charge in [-0.05, 0) is 171 Å². The van der Waals surface area contributed by atoms with E-state index in [4.69, 9.17) is 19.9 Å². The number of carbonyl (C=O) groups is 5. The number of piperidine rings is 2. The third-order valence-electron chi connectivity index (χ3n) is 21.1. The number of hydrogen-bond donors (Lipinski definition) is 4. The summed E-state index contributed by atoms with van der Waals surface area (Å²) in [4.78, 5) is 117. The fraction of sp³-hybridized carbons (Fsp3) is 0.527. The Morgan fingerprint density at radius 1 is 0.571 bits per heavy atom. The van der Waals surface area contributed by atoms with E-state index in [2.05, 4.69) is 124 Å². The number of nitrogens with zero attached hydrogens (tertiary/aromatic N) is 15. The monoisotopic (exact) mass is 1330 g/mol. The summed E-state index contributed by atoms with van der Waals surface area (Å²) in [6, 6.07) is 24.0. The molecule has 3 atom stereocenters. The normalized spacial score (nSPS) is 19.1. The van der Waals surface area contributed by atoms with E-state index < -0.39 is 0 Å². The summed E-state index contributed by atoms with van der Waals surface area (Å²) in [5.41, 5.74) is 6.61. The molecule has 3 aromatic carbocycles. The van der Waals surface area contributed by atoms with Crippen LogP contribution in [0.5, 0.6) is 0 Å². The van der Waals surface area contributed by atoms with E-state index in [9.17, 15) is 24.0 Å². The lowest BCUT2D eigenvalue weighted by atomic mass is 9.82. The molecule has 4 N–H and O–H groups in total. The van der Waals surface area contributed by atoms with Gasteiger partial charge in [-0.3, -0.25) is 48.5 Å². The predicted molar refractivity (Wildman–Crippen MR) is 387 cm³/mol. The Morgan fingerprint density at radius 2 is 1.08 bits per heavy atom. The van der Waals surface area contributed by atoms with Crippen molar-refractivity contribution >= 4 is 93.4 Å². The fourth-order valence-corrected chi connectivity index (χ4v) is 15.4. The van der Waals surface area contributed by atoms with Crippen molar-refractivity contribution < 1.29 is 24.0 Å². The molecule has 3 saturated heterocycles. The molecule has 0 aliphatic carbocycles. The van der Waals surface area contributed by atoms with Crippen LogP contribution in [-0.4, -0.2) is 202 Å². The summed E-state index contributed by atoms with van der Waals surface area (Å²) < 4.78 is 0. The van der Waals surface area contributed by atoms with Crippen LogP contribution in [0.3, 0.4) is 0 Å². The number of likely N-dealkylation sites (N-methyl/N-ethyl adjacent to an activating group) is 2. The molecule has 0 bridgehead atoms. The summed E-state index contributed by atoms with van der Waals surface area (Å²) in [5, 5.41) is 13.3. The number of fused-ring (bicyclic) bond motifs is 3. The van der Waals surface area contributed by atoms with Crippen molar-refractivity contribution in [1.82, 2.24) is 54.8 Å². The standard InChI is InChI=1S/C74H99N19O5/c1-10-56(11-2)91-63(94)41-51-45-76-72(81-66(51)91)78-53-24-20-49(21-25-53)71(98)90(40-35-85(7)8)68-61-44-65(96)93(58(14-5)15-6)69(61)84-74(83-68)80-54-22-18-48(19-23-54)70(97)75-31-34-87-32-16-17-50(47-87)62-43-60(88-38-36-86(9)37-39-88)30-33-89(62)59-28-26-55(27-29-59)79-73-77-46-52-42-64(95)92(67(52)82-73)57(12-3)13-4/h18-29,45-46,50,56-58,60,62H,10-17,30-44,47H2,1-9H3,(H,75,97)(H,76,78,81)(H,77,79,82)(H,80,83,84). The second-order valence-corrected chi connectivity index (χ2v) is 27.6. The topological polar surface area (TPSA) is 240 Å². The van der Waals surface area contributed by atoms with Gasteiger partial charge < -0.3 is 40.9 Å². The highest BCUT2D eigenvalue weighted by atomic mass is 16.2. The van der Waals surface area contributed by atoms with Crippen LogP contribution in [0.2, 0.25) is 0 Å². The number of likely N-dealkylation sites (tertiary alicyclic amines) is 1. The number of anilines is 11. The number of carbonyl (C=O) groups excluding carboxylic acids is 5. The number of amides is 5. The smallest absolute Gasteiger partial charge is 0.259 e. The minimum absolute atomic E-state index is 0.0257. The van der Waals surface area contributed by atoms with Crippen molar-refractivity contribution in [3.63, 3.8) is 0 Å². The van der Waals surface area contributed by atoms with E-state index in [1.165, 1.54) is 5.69 Å². The summed E-state index contributed by atoms with van der Waals surface area (Å²) in [6.45, 7) is 21.8. The maximum absolute atomic E-state index is 15.0. The Bertz CT molecular complexity index is 3800. The van der Waals surface area contributed by atoms with Crippen molar-refractivity contribution in [2.24, 2.45) is 5.92 Å². The van der Waals surface area contributed by atoms with Crippen LogP contribution in [0.4, 0.5) is 63.9 Å². The molecule has 0 saturated carbocycles. The largest absolute Gasteiger partial charge is 0.368 e. The number of rotatable bonds is 27. The maximum atomic E-state index is 15.0. The molecule has 5 amide bonds. The van der Waals surface area contributed by atoms with Gasteiger partial charge in [-0.1, -0.05) is 41.5 Å². The SMILES string of the molecule is CCC(CC)N1C(=O)Cc2cnc(Nc3ccc(C(=O)N(CCN(C)C)c4nc(Nc5ccc(C(=O)NCCN6CCCC(C7CC(N8CCN(C)CC8)CCN7c7ccc(Nc8ncc9c(n8)N(C(CC)CC)C(=O)C9)cc7)C6)cc5)nc5c4CC(=O)N5C(CC)CC)cc3)nc21. The van der Waals surface area contributed by atoms with Crippen LogP contribution < -0.4 is 45.8 Å². The zero-order valence-corrected chi connectivity index (χ0v) is 58.8. The van der Waals surface area contributed by atoms with Gasteiger partial charge in [-0.15, -0.1) is 0 Å². The Hall–Kier alpha value is -8.71. The molecule has 3 unspecified atom stereocenters. The van der Waals surface area contributed by atoms with Gasteiger partial charge in [0.05, 0.1) is 19.3 Å². The van der Waals surface area contributed by atoms with Gasteiger partial charge in [0.25, 0.3) is 11.8 Å².